The van der Waals surface area contributed by atoms with Gasteiger partial charge in [0.25, 0.3) is 0 Å². The standard InChI is InChI=1S/C13H15Cl/c1-3-9(2)12-8-11(10-4-5-10)6-7-13(12)14/h3,6-10H,1,4-5H2,2H3. The van der Waals surface area contributed by atoms with Crippen LogP contribution in [-0.2, 0) is 0 Å². The van der Waals surface area contributed by atoms with E-state index in [9.17, 15) is 0 Å². The third-order valence-electron chi connectivity index (χ3n) is 2.91. The average Bonchev–Trinajstić information content (AvgIpc) is 3.01. The molecule has 0 heterocycles. The molecule has 1 atom stereocenters. The van der Waals surface area contributed by atoms with Gasteiger partial charge in [-0.1, -0.05) is 36.7 Å². The molecular formula is C13H15Cl. The molecule has 0 aromatic heterocycles. The molecule has 1 saturated carbocycles. The van der Waals surface area contributed by atoms with Crippen LogP contribution in [0.5, 0.6) is 0 Å². The van der Waals surface area contributed by atoms with Crippen molar-refractivity contribution < 1.29 is 0 Å². The molecule has 14 heavy (non-hydrogen) atoms. The van der Waals surface area contributed by atoms with E-state index < -0.39 is 0 Å². The van der Waals surface area contributed by atoms with Crippen LogP contribution >= 0.6 is 11.6 Å². The zero-order valence-electron chi connectivity index (χ0n) is 8.46. The summed E-state index contributed by atoms with van der Waals surface area (Å²) in [7, 11) is 0. The number of rotatable bonds is 3. The summed E-state index contributed by atoms with van der Waals surface area (Å²) in [5.74, 6) is 1.14. The van der Waals surface area contributed by atoms with E-state index >= 15 is 0 Å². The summed E-state index contributed by atoms with van der Waals surface area (Å²) >= 11 is 6.15. The number of benzene rings is 1. The lowest BCUT2D eigenvalue weighted by atomic mass is 9.97. The molecule has 0 amide bonds. The molecule has 0 aliphatic heterocycles. The topological polar surface area (TPSA) is 0 Å². The van der Waals surface area contributed by atoms with Gasteiger partial charge in [0.1, 0.15) is 0 Å². The van der Waals surface area contributed by atoms with Crippen molar-refractivity contribution >= 4 is 11.6 Å². The minimum absolute atomic E-state index is 0.348. The van der Waals surface area contributed by atoms with Gasteiger partial charge in [0, 0.05) is 10.9 Å². The van der Waals surface area contributed by atoms with Crippen LogP contribution in [0.15, 0.2) is 30.9 Å². The lowest BCUT2D eigenvalue weighted by Gasteiger charge is -2.10. The lowest BCUT2D eigenvalue weighted by molar-refractivity contribution is 0.960. The van der Waals surface area contributed by atoms with Gasteiger partial charge in [-0.2, -0.15) is 0 Å². The molecule has 1 heteroatoms. The van der Waals surface area contributed by atoms with E-state index in [-0.39, 0.29) is 0 Å². The Balaban J connectivity index is 2.35. The Hall–Kier alpha value is -0.750. The van der Waals surface area contributed by atoms with Crippen LogP contribution in [-0.4, -0.2) is 0 Å². The molecule has 1 aromatic rings. The summed E-state index contributed by atoms with van der Waals surface area (Å²) in [6.07, 6.45) is 4.62. The highest BCUT2D eigenvalue weighted by atomic mass is 35.5. The van der Waals surface area contributed by atoms with Crippen LogP contribution in [0, 0.1) is 0 Å². The zero-order chi connectivity index (χ0) is 10.1. The van der Waals surface area contributed by atoms with Crippen LogP contribution < -0.4 is 0 Å². The first-order valence-corrected chi connectivity index (χ1v) is 5.52. The first-order valence-electron chi connectivity index (χ1n) is 5.14. The van der Waals surface area contributed by atoms with E-state index in [1.54, 1.807) is 0 Å². The second kappa shape index (κ2) is 3.78. The van der Waals surface area contributed by atoms with Crippen molar-refractivity contribution in [2.24, 2.45) is 0 Å². The van der Waals surface area contributed by atoms with Gasteiger partial charge in [-0.3, -0.25) is 0 Å². The maximum Gasteiger partial charge on any atom is 0.0444 e. The molecule has 1 aliphatic carbocycles. The zero-order valence-corrected chi connectivity index (χ0v) is 9.22. The largest absolute Gasteiger partial charge is 0.102 e. The van der Waals surface area contributed by atoms with Crippen LogP contribution in [0.2, 0.25) is 5.02 Å². The summed E-state index contributed by atoms with van der Waals surface area (Å²) in [6, 6.07) is 6.41. The van der Waals surface area contributed by atoms with E-state index in [1.807, 2.05) is 12.1 Å². The Kier molecular flexibility index (Phi) is 2.64. The molecule has 0 N–H and O–H groups in total. The molecule has 0 spiro atoms. The smallest absolute Gasteiger partial charge is 0.0444 e. The molecule has 0 radical (unpaired) electrons. The first kappa shape index (κ1) is 9.79. The molecular weight excluding hydrogens is 192 g/mol. The third kappa shape index (κ3) is 1.85. The van der Waals surface area contributed by atoms with Gasteiger partial charge in [-0.05, 0) is 36.0 Å². The Labute approximate surface area is 90.6 Å². The molecule has 1 aromatic carbocycles. The Morgan fingerprint density at radius 2 is 2.21 bits per heavy atom. The summed E-state index contributed by atoms with van der Waals surface area (Å²) in [6.45, 7) is 5.94. The van der Waals surface area contributed by atoms with Crippen LogP contribution in [0.3, 0.4) is 0 Å². The molecule has 0 nitrogen and oxygen atoms in total. The summed E-state index contributed by atoms with van der Waals surface area (Å²) in [4.78, 5) is 0. The van der Waals surface area contributed by atoms with Crippen molar-refractivity contribution in [2.75, 3.05) is 0 Å². The van der Waals surface area contributed by atoms with Crippen LogP contribution in [0.4, 0.5) is 0 Å². The summed E-state index contributed by atoms with van der Waals surface area (Å²) < 4.78 is 0. The van der Waals surface area contributed by atoms with Gasteiger partial charge in [0.2, 0.25) is 0 Å². The van der Waals surface area contributed by atoms with Gasteiger partial charge in [-0.25, -0.2) is 0 Å². The minimum Gasteiger partial charge on any atom is -0.102 e. The fraction of sp³-hybridized carbons (Fsp3) is 0.385. The van der Waals surface area contributed by atoms with Crippen molar-refractivity contribution in [3.8, 4) is 0 Å². The van der Waals surface area contributed by atoms with Gasteiger partial charge in [0.15, 0.2) is 0 Å². The highest BCUT2D eigenvalue weighted by molar-refractivity contribution is 6.31. The van der Waals surface area contributed by atoms with E-state index in [1.165, 1.54) is 24.0 Å². The quantitative estimate of drug-likeness (QED) is 0.639. The Morgan fingerprint density at radius 1 is 1.50 bits per heavy atom. The maximum atomic E-state index is 6.15. The average molecular weight is 207 g/mol. The second-order valence-electron chi connectivity index (χ2n) is 4.08. The molecule has 0 bridgehead atoms. The van der Waals surface area contributed by atoms with Gasteiger partial charge in [-0.15, -0.1) is 6.58 Å². The SMILES string of the molecule is C=CC(C)c1cc(C2CC2)ccc1Cl. The monoisotopic (exact) mass is 206 g/mol. The van der Waals surface area contributed by atoms with Crippen molar-refractivity contribution in [2.45, 2.75) is 31.6 Å². The van der Waals surface area contributed by atoms with E-state index in [4.69, 9.17) is 11.6 Å². The summed E-state index contributed by atoms with van der Waals surface area (Å²) in [5, 5.41) is 0.863. The van der Waals surface area contributed by atoms with E-state index in [2.05, 4.69) is 25.6 Å². The number of hydrogen-bond acceptors (Lipinski definition) is 0. The molecule has 1 unspecified atom stereocenters. The highest BCUT2D eigenvalue weighted by Gasteiger charge is 2.24. The molecule has 1 fully saturated rings. The Morgan fingerprint density at radius 3 is 2.79 bits per heavy atom. The fourth-order valence-corrected chi connectivity index (χ4v) is 2.00. The van der Waals surface area contributed by atoms with Gasteiger partial charge >= 0.3 is 0 Å². The second-order valence-corrected chi connectivity index (χ2v) is 4.49. The third-order valence-corrected chi connectivity index (χ3v) is 3.26. The molecule has 0 saturated heterocycles. The predicted molar refractivity (Wildman–Crippen MR) is 62.0 cm³/mol. The first-order chi connectivity index (χ1) is 6.72. The number of hydrogen-bond donors (Lipinski definition) is 0. The van der Waals surface area contributed by atoms with Crippen molar-refractivity contribution in [3.05, 3.63) is 47.0 Å². The number of allylic oxidation sites excluding steroid dienone is 1. The van der Waals surface area contributed by atoms with Crippen molar-refractivity contribution in [1.82, 2.24) is 0 Å². The van der Waals surface area contributed by atoms with E-state index in [0.717, 1.165) is 10.9 Å². The normalized spacial score (nSPS) is 17.9. The van der Waals surface area contributed by atoms with Gasteiger partial charge < -0.3 is 0 Å². The minimum atomic E-state index is 0.348. The van der Waals surface area contributed by atoms with Crippen molar-refractivity contribution in [1.29, 1.82) is 0 Å². The van der Waals surface area contributed by atoms with E-state index in [0.29, 0.717) is 5.92 Å². The molecule has 2 rings (SSSR count). The Bertz CT molecular complexity index is 350. The van der Waals surface area contributed by atoms with Crippen molar-refractivity contribution in [3.63, 3.8) is 0 Å². The highest BCUT2D eigenvalue weighted by Crippen LogP contribution is 2.41. The molecule has 1 aliphatic rings. The van der Waals surface area contributed by atoms with Crippen LogP contribution in [0.25, 0.3) is 0 Å². The van der Waals surface area contributed by atoms with Crippen LogP contribution in [0.1, 0.15) is 42.7 Å². The summed E-state index contributed by atoms with van der Waals surface area (Å²) in [5.41, 5.74) is 2.66. The fourth-order valence-electron chi connectivity index (χ4n) is 1.71. The van der Waals surface area contributed by atoms with Gasteiger partial charge in [0.05, 0.1) is 0 Å². The lowest BCUT2D eigenvalue weighted by Crippen LogP contribution is -1.92. The predicted octanol–water partition coefficient (Wildman–Crippen LogP) is 4.51. The molecule has 74 valence electrons. The maximum absolute atomic E-state index is 6.15. The number of halogens is 1.